The number of aromatic nitrogens is 3. The minimum absolute atomic E-state index is 0.142. The fourth-order valence-electron chi connectivity index (χ4n) is 0.882. The number of methoxy groups -OCH3 is 1. The summed E-state index contributed by atoms with van der Waals surface area (Å²) in [5.74, 6) is -0.751. The van der Waals surface area contributed by atoms with E-state index in [-0.39, 0.29) is 11.8 Å². The van der Waals surface area contributed by atoms with Gasteiger partial charge in [-0.25, -0.2) is 9.78 Å². The number of nitrogens with two attached hydrogens (primary N) is 1. The molecule has 0 aliphatic rings. The summed E-state index contributed by atoms with van der Waals surface area (Å²) in [7, 11) is 1.23. The average Bonchev–Trinajstić information content (AvgIpc) is 2.84. The second-order valence-corrected chi connectivity index (χ2v) is 3.36. The first-order valence-electron chi connectivity index (χ1n) is 3.84. The molecule has 0 saturated heterocycles. The molecule has 0 radical (unpaired) electrons. The Bertz CT molecular complexity index is 492. The van der Waals surface area contributed by atoms with Gasteiger partial charge in [0.1, 0.15) is 5.69 Å². The molecule has 8 heteroatoms. The molecule has 2 aromatic heterocycles. The van der Waals surface area contributed by atoms with Gasteiger partial charge in [-0.2, -0.15) is 0 Å². The zero-order chi connectivity index (χ0) is 10.8. The monoisotopic (exact) mass is 226 g/mol. The van der Waals surface area contributed by atoms with Gasteiger partial charge >= 0.3 is 11.9 Å². The van der Waals surface area contributed by atoms with E-state index in [1.165, 1.54) is 18.4 Å². The van der Waals surface area contributed by atoms with Crippen molar-refractivity contribution in [3.63, 3.8) is 0 Å². The van der Waals surface area contributed by atoms with Crippen molar-refractivity contribution >= 4 is 22.4 Å². The summed E-state index contributed by atoms with van der Waals surface area (Å²) in [5, 5.41) is 9.19. The van der Waals surface area contributed by atoms with Crippen molar-refractivity contribution in [3.8, 4) is 11.6 Å². The maximum Gasteiger partial charge on any atom is 0.396 e. The molecule has 7 nitrogen and oxygen atoms in total. The summed E-state index contributed by atoms with van der Waals surface area (Å²) in [4.78, 5) is 14.9. The number of carbonyl (C=O) groups is 1. The first kappa shape index (κ1) is 9.59. The van der Waals surface area contributed by atoms with E-state index in [1.54, 1.807) is 5.38 Å². The number of rotatable bonds is 2. The Labute approximate surface area is 87.9 Å². The summed E-state index contributed by atoms with van der Waals surface area (Å²) >= 11 is 1.25. The summed E-state index contributed by atoms with van der Waals surface area (Å²) in [6, 6.07) is 0. The highest BCUT2D eigenvalue weighted by Gasteiger charge is 2.17. The van der Waals surface area contributed by atoms with Gasteiger partial charge in [-0.1, -0.05) is 0 Å². The molecular weight excluding hydrogens is 220 g/mol. The molecule has 0 saturated carbocycles. The van der Waals surface area contributed by atoms with Crippen LogP contribution < -0.4 is 5.73 Å². The van der Waals surface area contributed by atoms with Gasteiger partial charge in [-0.05, 0) is 0 Å². The zero-order valence-corrected chi connectivity index (χ0v) is 8.45. The number of hydrogen-bond donors (Lipinski definition) is 1. The molecule has 0 unspecified atom stereocenters. The molecule has 0 bridgehead atoms. The fourth-order valence-corrected chi connectivity index (χ4v) is 1.42. The highest BCUT2D eigenvalue weighted by atomic mass is 32.1. The van der Waals surface area contributed by atoms with Crippen molar-refractivity contribution in [3.05, 3.63) is 11.3 Å². The minimum atomic E-state index is -0.683. The summed E-state index contributed by atoms with van der Waals surface area (Å²) in [6.07, 6.45) is 0. The van der Waals surface area contributed by atoms with E-state index in [4.69, 9.17) is 10.2 Å². The number of anilines is 1. The van der Waals surface area contributed by atoms with Crippen LogP contribution in [0.3, 0.4) is 0 Å². The van der Waals surface area contributed by atoms with Gasteiger partial charge in [-0.15, -0.1) is 21.5 Å². The van der Waals surface area contributed by atoms with Crippen LogP contribution in [0.25, 0.3) is 11.6 Å². The molecule has 0 fully saturated rings. The normalized spacial score (nSPS) is 10.2. The lowest BCUT2D eigenvalue weighted by Crippen LogP contribution is -2.00. The van der Waals surface area contributed by atoms with E-state index in [0.717, 1.165) is 0 Å². The third kappa shape index (κ3) is 1.79. The maximum absolute atomic E-state index is 11.0. The van der Waals surface area contributed by atoms with Crippen LogP contribution >= 0.6 is 11.3 Å². The third-order valence-electron chi connectivity index (χ3n) is 1.53. The topological polar surface area (TPSA) is 104 Å². The average molecular weight is 226 g/mol. The largest absolute Gasteiger partial charge is 0.462 e. The predicted molar refractivity (Wildman–Crippen MR) is 51.2 cm³/mol. The van der Waals surface area contributed by atoms with Crippen molar-refractivity contribution in [2.24, 2.45) is 0 Å². The number of esters is 1. The summed E-state index contributed by atoms with van der Waals surface area (Å²) in [6.45, 7) is 0. The van der Waals surface area contributed by atoms with Crippen molar-refractivity contribution in [2.75, 3.05) is 12.8 Å². The lowest BCUT2D eigenvalue weighted by molar-refractivity contribution is 0.0556. The molecule has 0 atom stereocenters. The van der Waals surface area contributed by atoms with E-state index in [1.807, 2.05) is 0 Å². The van der Waals surface area contributed by atoms with Crippen LogP contribution in [0.4, 0.5) is 5.13 Å². The van der Waals surface area contributed by atoms with Crippen LogP contribution in [-0.4, -0.2) is 28.3 Å². The van der Waals surface area contributed by atoms with Gasteiger partial charge in [0.15, 0.2) is 5.13 Å². The second-order valence-electron chi connectivity index (χ2n) is 2.47. The highest BCUT2D eigenvalue weighted by molar-refractivity contribution is 7.13. The van der Waals surface area contributed by atoms with E-state index < -0.39 is 5.97 Å². The number of ether oxygens (including phenoxy) is 1. The summed E-state index contributed by atoms with van der Waals surface area (Å²) in [5.41, 5.74) is 5.88. The Kier molecular flexibility index (Phi) is 2.34. The number of thiazole rings is 1. The second kappa shape index (κ2) is 3.65. The van der Waals surface area contributed by atoms with E-state index in [0.29, 0.717) is 10.8 Å². The highest BCUT2D eigenvalue weighted by Crippen LogP contribution is 2.21. The Morgan fingerprint density at radius 3 is 3.00 bits per heavy atom. The Morgan fingerprint density at radius 2 is 2.40 bits per heavy atom. The summed E-state index contributed by atoms with van der Waals surface area (Å²) < 4.78 is 9.44. The van der Waals surface area contributed by atoms with Gasteiger partial charge in [-0.3, -0.25) is 0 Å². The van der Waals surface area contributed by atoms with Gasteiger partial charge < -0.3 is 14.9 Å². The smallest absolute Gasteiger partial charge is 0.396 e. The van der Waals surface area contributed by atoms with Gasteiger partial charge in [0.2, 0.25) is 0 Å². The van der Waals surface area contributed by atoms with Crippen molar-refractivity contribution in [1.82, 2.24) is 15.2 Å². The van der Waals surface area contributed by atoms with Crippen LogP contribution in [0.15, 0.2) is 9.80 Å². The van der Waals surface area contributed by atoms with Crippen molar-refractivity contribution < 1.29 is 13.9 Å². The standard InChI is InChI=1S/C7H6N4O3S/c1-13-6(12)5-11-10-4(14-5)3-2-15-7(8)9-3/h2H,1H3,(H2,8,9). The number of hydrogen-bond acceptors (Lipinski definition) is 8. The first-order valence-corrected chi connectivity index (χ1v) is 4.72. The van der Waals surface area contributed by atoms with Crippen molar-refractivity contribution in [2.45, 2.75) is 0 Å². The van der Waals surface area contributed by atoms with Crippen LogP contribution in [0, 0.1) is 0 Å². The van der Waals surface area contributed by atoms with Gasteiger partial charge in [0.25, 0.3) is 5.89 Å². The lowest BCUT2D eigenvalue weighted by atomic mass is 10.5. The SMILES string of the molecule is COC(=O)c1nnc(-c2csc(N)n2)o1. The lowest BCUT2D eigenvalue weighted by Gasteiger charge is -1.89. The molecule has 0 aromatic carbocycles. The van der Waals surface area contributed by atoms with Gasteiger partial charge in [0.05, 0.1) is 7.11 Å². The Hall–Kier alpha value is -1.96. The fraction of sp³-hybridized carbons (Fsp3) is 0.143. The molecule has 2 heterocycles. The molecule has 0 spiro atoms. The quantitative estimate of drug-likeness (QED) is 0.746. The Balaban J connectivity index is 2.31. The zero-order valence-electron chi connectivity index (χ0n) is 7.63. The molecular formula is C7H6N4O3S. The van der Waals surface area contributed by atoms with Crippen LogP contribution in [0.1, 0.15) is 10.7 Å². The van der Waals surface area contributed by atoms with E-state index in [9.17, 15) is 4.79 Å². The van der Waals surface area contributed by atoms with Crippen molar-refractivity contribution in [1.29, 1.82) is 0 Å². The Morgan fingerprint density at radius 1 is 1.60 bits per heavy atom. The predicted octanol–water partition coefficient (Wildman–Crippen LogP) is 0.562. The first-order chi connectivity index (χ1) is 7.20. The number of nitrogen functional groups attached to an aromatic ring is 1. The molecule has 0 aliphatic heterocycles. The molecule has 2 rings (SSSR count). The number of nitrogens with zero attached hydrogens (tertiary/aromatic N) is 3. The van der Waals surface area contributed by atoms with Crippen LogP contribution in [0.2, 0.25) is 0 Å². The molecule has 0 amide bonds. The molecule has 2 aromatic rings. The minimum Gasteiger partial charge on any atom is -0.462 e. The number of carbonyl (C=O) groups excluding carboxylic acids is 1. The molecule has 78 valence electrons. The van der Waals surface area contributed by atoms with Gasteiger partial charge in [0, 0.05) is 5.38 Å². The van der Waals surface area contributed by atoms with Crippen LogP contribution in [-0.2, 0) is 4.74 Å². The third-order valence-corrected chi connectivity index (χ3v) is 2.20. The maximum atomic E-state index is 11.0. The van der Waals surface area contributed by atoms with E-state index >= 15 is 0 Å². The molecule has 2 N–H and O–H groups in total. The van der Waals surface area contributed by atoms with E-state index in [2.05, 4.69) is 19.9 Å². The molecule has 15 heavy (non-hydrogen) atoms. The van der Waals surface area contributed by atoms with Crippen LogP contribution in [0.5, 0.6) is 0 Å². The molecule has 0 aliphatic carbocycles.